The van der Waals surface area contributed by atoms with Gasteiger partial charge in [0.1, 0.15) is 23.3 Å². The minimum atomic E-state index is -3.84. The summed E-state index contributed by atoms with van der Waals surface area (Å²) in [7, 11) is -1.89. The molecule has 0 bridgehead atoms. The van der Waals surface area contributed by atoms with Gasteiger partial charge >= 0.3 is 0 Å². The summed E-state index contributed by atoms with van der Waals surface area (Å²) in [6.45, 7) is 1.34. The Hall–Kier alpha value is -2.72. The Kier molecular flexibility index (Phi) is 3.84. The van der Waals surface area contributed by atoms with Gasteiger partial charge in [0.05, 0.1) is 23.5 Å². The third kappa shape index (κ3) is 2.94. The lowest BCUT2D eigenvalue weighted by atomic mass is 10.2. The SMILES string of the molecule is CN1CCOc2cc(NS(=O)(=O)c3ccccc3C#N)ccc21. The molecule has 1 N–H and O–H groups in total. The van der Waals surface area contributed by atoms with Crippen LogP contribution in [0.5, 0.6) is 5.75 Å². The molecule has 1 aliphatic heterocycles. The van der Waals surface area contributed by atoms with E-state index in [0.29, 0.717) is 18.0 Å². The smallest absolute Gasteiger partial charge is 0.263 e. The van der Waals surface area contributed by atoms with E-state index in [1.54, 1.807) is 24.3 Å². The molecule has 0 amide bonds. The van der Waals surface area contributed by atoms with Crippen LogP contribution in [0.25, 0.3) is 0 Å². The number of benzene rings is 2. The summed E-state index contributed by atoms with van der Waals surface area (Å²) in [5.41, 5.74) is 1.41. The van der Waals surface area contributed by atoms with Gasteiger partial charge in [-0.2, -0.15) is 5.26 Å². The Morgan fingerprint density at radius 1 is 1.26 bits per heavy atom. The van der Waals surface area contributed by atoms with Crippen LogP contribution in [-0.2, 0) is 10.0 Å². The van der Waals surface area contributed by atoms with E-state index >= 15 is 0 Å². The Morgan fingerprint density at radius 3 is 2.83 bits per heavy atom. The molecule has 0 atom stereocenters. The van der Waals surface area contributed by atoms with Crippen molar-refractivity contribution in [3.63, 3.8) is 0 Å². The predicted octanol–water partition coefficient (Wildman–Crippen LogP) is 2.19. The van der Waals surface area contributed by atoms with Gasteiger partial charge in [-0.05, 0) is 24.3 Å². The largest absolute Gasteiger partial charge is 0.489 e. The third-order valence-electron chi connectivity index (χ3n) is 3.60. The van der Waals surface area contributed by atoms with Gasteiger partial charge in [-0.25, -0.2) is 8.42 Å². The van der Waals surface area contributed by atoms with Gasteiger partial charge in [0.2, 0.25) is 0 Å². The van der Waals surface area contributed by atoms with Gasteiger partial charge in [-0.1, -0.05) is 12.1 Å². The number of sulfonamides is 1. The molecular weight excluding hydrogens is 314 g/mol. The summed E-state index contributed by atoms with van der Waals surface area (Å²) < 4.78 is 33.1. The van der Waals surface area contributed by atoms with E-state index in [4.69, 9.17) is 10.00 Å². The van der Waals surface area contributed by atoms with Crippen LogP contribution in [0.4, 0.5) is 11.4 Å². The molecule has 0 aliphatic carbocycles. The second-order valence-electron chi connectivity index (χ2n) is 5.17. The Balaban J connectivity index is 1.94. The van der Waals surface area contributed by atoms with E-state index in [0.717, 1.165) is 12.2 Å². The molecule has 0 saturated heterocycles. The molecule has 0 fully saturated rings. The second kappa shape index (κ2) is 5.82. The molecule has 6 nitrogen and oxygen atoms in total. The first-order valence-corrected chi connectivity index (χ1v) is 8.49. The van der Waals surface area contributed by atoms with E-state index in [9.17, 15) is 8.42 Å². The molecule has 2 aromatic rings. The number of nitrogens with zero attached hydrogens (tertiary/aromatic N) is 2. The highest BCUT2D eigenvalue weighted by Crippen LogP contribution is 2.34. The van der Waals surface area contributed by atoms with Crippen molar-refractivity contribution in [1.29, 1.82) is 5.26 Å². The fourth-order valence-corrected chi connectivity index (χ4v) is 3.63. The summed E-state index contributed by atoms with van der Waals surface area (Å²) in [6.07, 6.45) is 0. The predicted molar refractivity (Wildman–Crippen MR) is 87.2 cm³/mol. The van der Waals surface area contributed by atoms with Gasteiger partial charge < -0.3 is 9.64 Å². The summed E-state index contributed by atoms with van der Waals surface area (Å²) in [5.74, 6) is 0.632. The quantitative estimate of drug-likeness (QED) is 0.933. The van der Waals surface area contributed by atoms with Crippen molar-refractivity contribution in [3.8, 4) is 11.8 Å². The molecule has 3 rings (SSSR count). The molecule has 1 aliphatic rings. The summed E-state index contributed by atoms with van der Waals surface area (Å²) in [4.78, 5) is 2.00. The van der Waals surface area contributed by atoms with Crippen molar-refractivity contribution in [3.05, 3.63) is 48.0 Å². The van der Waals surface area contributed by atoms with Gasteiger partial charge in [-0.15, -0.1) is 0 Å². The first kappa shape index (κ1) is 15.2. The molecule has 118 valence electrons. The number of likely N-dealkylation sites (N-methyl/N-ethyl adjacent to an activating group) is 1. The maximum Gasteiger partial charge on any atom is 0.263 e. The highest BCUT2D eigenvalue weighted by atomic mass is 32.2. The molecule has 0 saturated carbocycles. The topological polar surface area (TPSA) is 82.4 Å². The van der Waals surface area contributed by atoms with E-state index in [1.165, 1.54) is 12.1 Å². The van der Waals surface area contributed by atoms with Crippen LogP contribution in [0.3, 0.4) is 0 Å². The fourth-order valence-electron chi connectivity index (χ4n) is 2.43. The van der Waals surface area contributed by atoms with Crippen molar-refractivity contribution in [2.45, 2.75) is 4.90 Å². The Morgan fingerprint density at radius 2 is 2.04 bits per heavy atom. The minimum absolute atomic E-state index is 0.0433. The number of hydrogen-bond donors (Lipinski definition) is 1. The number of anilines is 2. The second-order valence-corrected chi connectivity index (χ2v) is 6.82. The molecule has 7 heteroatoms. The number of nitriles is 1. The number of ether oxygens (including phenoxy) is 1. The molecular formula is C16H15N3O3S. The van der Waals surface area contributed by atoms with Gasteiger partial charge in [0, 0.05) is 13.1 Å². The standard InChI is InChI=1S/C16H15N3O3S/c1-19-8-9-22-15-10-13(6-7-14(15)19)18-23(20,21)16-5-3-2-4-12(16)11-17/h2-7,10,18H,8-9H2,1H3. The number of hydrogen-bond acceptors (Lipinski definition) is 5. The van der Waals surface area contributed by atoms with Crippen LogP contribution in [0, 0.1) is 11.3 Å². The third-order valence-corrected chi connectivity index (χ3v) is 5.04. The lowest BCUT2D eigenvalue weighted by molar-refractivity contribution is 0.311. The number of fused-ring (bicyclic) bond motifs is 1. The van der Waals surface area contributed by atoms with Crippen LogP contribution in [-0.4, -0.2) is 28.6 Å². The van der Waals surface area contributed by atoms with Crippen molar-refractivity contribution in [2.24, 2.45) is 0 Å². The normalized spacial score (nSPS) is 13.7. The molecule has 0 aromatic heterocycles. The van der Waals surface area contributed by atoms with Gasteiger partial charge in [0.15, 0.2) is 0 Å². The zero-order chi connectivity index (χ0) is 16.4. The highest BCUT2D eigenvalue weighted by molar-refractivity contribution is 7.92. The van der Waals surface area contributed by atoms with Crippen LogP contribution in [0.1, 0.15) is 5.56 Å². The number of rotatable bonds is 3. The van der Waals surface area contributed by atoms with E-state index in [-0.39, 0.29) is 10.5 Å². The van der Waals surface area contributed by atoms with Crippen molar-refractivity contribution in [1.82, 2.24) is 0 Å². The molecule has 0 spiro atoms. The summed E-state index contributed by atoms with van der Waals surface area (Å²) >= 11 is 0. The lowest BCUT2D eigenvalue weighted by Crippen LogP contribution is -2.28. The monoisotopic (exact) mass is 329 g/mol. The van der Waals surface area contributed by atoms with Gasteiger partial charge in [-0.3, -0.25) is 4.72 Å². The zero-order valence-electron chi connectivity index (χ0n) is 12.5. The first-order valence-electron chi connectivity index (χ1n) is 7.01. The highest BCUT2D eigenvalue weighted by Gasteiger charge is 2.20. The molecule has 0 radical (unpaired) electrons. The van der Waals surface area contributed by atoms with E-state index in [1.807, 2.05) is 24.1 Å². The number of nitrogens with one attached hydrogen (secondary N) is 1. The summed E-state index contributed by atoms with van der Waals surface area (Å²) in [6, 6.07) is 13.1. The van der Waals surface area contributed by atoms with Crippen LogP contribution >= 0.6 is 0 Å². The average Bonchev–Trinajstić information content (AvgIpc) is 2.54. The van der Waals surface area contributed by atoms with Crippen molar-refractivity contribution in [2.75, 3.05) is 29.8 Å². The minimum Gasteiger partial charge on any atom is -0.489 e. The van der Waals surface area contributed by atoms with E-state index < -0.39 is 10.0 Å². The van der Waals surface area contributed by atoms with Gasteiger partial charge in [0.25, 0.3) is 10.0 Å². The first-order chi connectivity index (χ1) is 11.0. The maximum absolute atomic E-state index is 12.5. The fraction of sp³-hybridized carbons (Fsp3) is 0.188. The van der Waals surface area contributed by atoms with Crippen LogP contribution in [0.2, 0.25) is 0 Å². The van der Waals surface area contributed by atoms with Crippen molar-refractivity contribution >= 4 is 21.4 Å². The molecule has 0 unspecified atom stereocenters. The molecule has 2 aromatic carbocycles. The Labute approximate surface area is 135 Å². The zero-order valence-corrected chi connectivity index (χ0v) is 13.3. The summed E-state index contributed by atoms with van der Waals surface area (Å²) in [5, 5.41) is 9.07. The van der Waals surface area contributed by atoms with Crippen LogP contribution < -0.4 is 14.4 Å². The average molecular weight is 329 g/mol. The van der Waals surface area contributed by atoms with E-state index in [2.05, 4.69) is 4.72 Å². The molecule has 23 heavy (non-hydrogen) atoms. The van der Waals surface area contributed by atoms with Crippen molar-refractivity contribution < 1.29 is 13.2 Å². The van der Waals surface area contributed by atoms with Crippen LogP contribution in [0.15, 0.2) is 47.4 Å². The maximum atomic E-state index is 12.5. The Bertz CT molecular complexity index is 888. The molecule has 1 heterocycles. The lowest BCUT2D eigenvalue weighted by Gasteiger charge is -2.28.